The van der Waals surface area contributed by atoms with Gasteiger partial charge in [0.15, 0.2) is 9.84 Å². The van der Waals surface area contributed by atoms with Gasteiger partial charge in [0, 0.05) is 0 Å². The summed E-state index contributed by atoms with van der Waals surface area (Å²) in [5.74, 6) is 0.968. The van der Waals surface area contributed by atoms with Crippen LogP contribution in [0.4, 0.5) is 0 Å². The zero-order chi connectivity index (χ0) is 14.9. The highest BCUT2D eigenvalue weighted by Gasteiger charge is 2.35. The topological polar surface area (TPSA) is 63.6 Å². The number of hydrogen-bond donors (Lipinski definition) is 1. The van der Waals surface area contributed by atoms with Crippen LogP contribution < -0.4 is 4.74 Å². The molecule has 1 heterocycles. The fraction of sp³-hybridized carbons (Fsp3) is 0.600. The Morgan fingerprint density at radius 3 is 2.35 bits per heavy atom. The number of ether oxygens (including phenoxy) is 1. The largest absolute Gasteiger partial charge is 0.496 e. The van der Waals surface area contributed by atoms with E-state index in [4.69, 9.17) is 4.74 Å². The molecule has 112 valence electrons. The molecule has 0 bridgehead atoms. The molecule has 0 aromatic heterocycles. The molecule has 2 unspecified atom stereocenters. The maximum absolute atomic E-state index is 12.1. The lowest BCUT2D eigenvalue weighted by Crippen LogP contribution is -2.33. The van der Waals surface area contributed by atoms with E-state index in [9.17, 15) is 13.5 Å². The van der Waals surface area contributed by atoms with Crippen LogP contribution in [-0.2, 0) is 9.84 Å². The quantitative estimate of drug-likeness (QED) is 0.930. The van der Waals surface area contributed by atoms with Crippen LogP contribution in [0.1, 0.15) is 42.1 Å². The van der Waals surface area contributed by atoms with Gasteiger partial charge in [-0.15, -0.1) is 0 Å². The fourth-order valence-corrected chi connectivity index (χ4v) is 5.01. The summed E-state index contributed by atoms with van der Waals surface area (Å²) >= 11 is 0. The Labute approximate surface area is 120 Å². The molecule has 5 heteroatoms. The summed E-state index contributed by atoms with van der Waals surface area (Å²) in [7, 11) is -1.59. The van der Waals surface area contributed by atoms with Crippen molar-refractivity contribution in [2.24, 2.45) is 0 Å². The third-order valence-electron chi connectivity index (χ3n) is 4.01. The molecule has 1 fully saturated rings. The highest BCUT2D eigenvalue weighted by molar-refractivity contribution is 7.92. The minimum atomic E-state index is -3.19. The first-order valence-electron chi connectivity index (χ1n) is 6.91. The van der Waals surface area contributed by atoms with Crippen LogP contribution in [0, 0.1) is 13.8 Å². The van der Waals surface area contributed by atoms with Gasteiger partial charge in [-0.2, -0.15) is 0 Å². The summed E-state index contributed by atoms with van der Waals surface area (Å²) in [5.41, 5.74) is 2.49. The second kappa shape index (κ2) is 5.74. The van der Waals surface area contributed by atoms with Crippen LogP contribution in [0.3, 0.4) is 0 Å². The second-order valence-electron chi connectivity index (χ2n) is 5.53. The van der Waals surface area contributed by atoms with Crippen LogP contribution in [0.2, 0.25) is 0 Å². The maximum atomic E-state index is 12.1. The molecule has 0 spiro atoms. The molecular weight excluding hydrogens is 276 g/mol. The van der Waals surface area contributed by atoms with Gasteiger partial charge >= 0.3 is 0 Å². The molecule has 1 aromatic rings. The van der Waals surface area contributed by atoms with Crippen molar-refractivity contribution in [1.29, 1.82) is 0 Å². The smallest absolute Gasteiger partial charge is 0.156 e. The van der Waals surface area contributed by atoms with Gasteiger partial charge in [-0.25, -0.2) is 8.42 Å². The number of benzene rings is 1. The lowest BCUT2D eigenvalue weighted by molar-refractivity contribution is 0.164. The van der Waals surface area contributed by atoms with Crippen molar-refractivity contribution in [3.63, 3.8) is 0 Å². The predicted molar refractivity (Wildman–Crippen MR) is 78.9 cm³/mol. The van der Waals surface area contributed by atoms with E-state index >= 15 is 0 Å². The van der Waals surface area contributed by atoms with Gasteiger partial charge in [-0.1, -0.05) is 6.42 Å². The van der Waals surface area contributed by atoms with Gasteiger partial charge in [0.1, 0.15) is 5.75 Å². The first-order chi connectivity index (χ1) is 9.36. The molecule has 20 heavy (non-hydrogen) atoms. The molecule has 0 saturated carbocycles. The maximum Gasteiger partial charge on any atom is 0.156 e. The average Bonchev–Trinajstić information content (AvgIpc) is 2.37. The van der Waals surface area contributed by atoms with Gasteiger partial charge in [0.2, 0.25) is 0 Å². The van der Waals surface area contributed by atoms with Crippen molar-refractivity contribution in [2.75, 3.05) is 12.9 Å². The molecule has 0 radical (unpaired) electrons. The average molecular weight is 298 g/mol. The van der Waals surface area contributed by atoms with Crippen molar-refractivity contribution in [2.45, 2.75) is 44.5 Å². The Balaban J connectivity index is 2.36. The molecule has 1 aliphatic rings. The fourth-order valence-electron chi connectivity index (χ4n) is 3.03. The lowest BCUT2D eigenvalue weighted by atomic mass is 9.98. The van der Waals surface area contributed by atoms with E-state index in [1.807, 2.05) is 26.0 Å². The van der Waals surface area contributed by atoms with E-state index in [2.05, 4.69) is 0 Å². The molecule has 0 amide bonds. The summed E-state index contributed by atoms with van der Waals surface area (Å²) in [4.78, 5) is 0. The Kier molecular flexibility index (Phi) is 4.39. The zero-order valence-corrected chi connectivity index (χ0v) is 13.0. The number of sulfone groups is 1. The molecule has 4 nitrogen and oxygen atoms in total. The van der Waals surface area contributed by atoms with E-state index in [0.717, 1.165) is 23.3 Å². The molecular formula is C15H22O4S. The Bertz CT molecular complexity index is 569. The normalized spacial score (nSPS) is 23.3. The van der Waals surface area contributed by atoms with Gasteiger partial charge in [0.05, 0.1) is 24.2 Å². The number of methoxy groups -OCH3 is 1. The van der Waals surface area contributed by atoms with Gasteiger partial charge in [0.25, 0.3) is 0 Å². The summed E-state index contributed by atoms with van der Waals surface area (Å²) < 4.78 is 29.5. The SMILES string of the molecule is COc1c(C)cc(C(O)C2CCCCS2(=O)=O)cc1C. The van der Waals surface area contributed by atoms with Crippen LogP contribution in [0.5, 0.6) is 5.75 Å². The van der Waals surface area contributed by atoms with Crippen molar-refractivity contribution in [3.8, 4) is 5.75 Å². The number of hydrogen-bond acceptors (Lipinski definition) is 4. The number of aliphatic hydroxyl groups is 1. The molecule has 0 aliphatic carbocycles. The van der Waals surface area contributed by atoms with Crippen molar-refractivity contribution in [1.82, 2.24) is 0 Å². The summed E-state index contributed by atoms with van der Waals surface area (Å²) in [6.07, 6.45) is 1.14. The van der Waals surface area contributed by atoms with Gasteiger partial charge in [-0.05, 0) is 55.5 Å². The second-order valence-corrected chi connectivity index (χ2v) is 7.87. The van der Waals surface area contributed by atoms with E-state index in [0.29, 0.717) is 18.4 Å². The summed E-state index contributed by atoms with van der Waals surface area (Å²) in [5, 5.41) is 9.80. The number of aryl methyl sites for hydroxylation is 2. The minimum Gasteiger partial charge on any atom is -0.496 e. The molecule has 2 rings (SSSR count). The lowest BCUT2D eigenvalue weighted by Gasteiger charge is -2.27. The van der Waals surface area contributed by atoms with Crippen LogP contribution in [-0.4, -0.2) is 31.6 Å². The van der Waals surface area contributed by atoms with Crippen molar-refractivity contribution < 1.29 is 18.3 Å². The van der Waals surface area contributed by atoms with E-state index in [1.54, 1.807) is 7.11 Å². The van der Waals surface area contributed by atoms with Crippen molar-refractivity contribution >= 4 is 9.84 Å². The third-order valence-corrected chi connectivity index (χ3v) is 6.28. The third kappa shape index (κ3) is 2.83. The van der Waals surface area contributed by atoms with Crippen molar-refractivity contribution in [3.05, 3.63) is 28.8 Å². The highest BCUT2D eigenvalue weighted by Crippen LogP contribution is 2.34. The van der Waals surface area contributed by atoms with Crippen LogP contribution in [0.15, 0.2) is 12.1 Å². The summed E-state index contributed by atoms with van der Waals surface area (Å²) in [6.45, 7) is 3.80. The van der Waals surface area contributed by atoms with E-state index in [1.165, 1.54) is 0 Å². The first-order valence-corrected chi connectivity index (χ1v) is 8.63. The Morgan fingerprint density at radius 1 is 1.25 bits per heavy atom. The molecule has 1 saturated heterocycles. The summed E-state index contributed by atoms with van der Waals surface area (Å²) in [6, 6.07) is 3.64. The van der Waals surface area contributed by atoms with Gasteiger partial charge in [-0.3, -0.25) is 0 Å². The van der Waals surface area contributed by atoms with Gasteiger partial charge < -0.3 is 9.84 Å². The molecule has 1 N–H and O–H groups in total. The van der Waals surface area contributed by atoms with Crippen LogP contribution in [0.25, 0.3) is 0 Å². The van der Waals surface area contributed by atoms with E-state index in [-0.39, 0.29) is 5.75 Å². The Morgan fingerprint density at radius 2 is 1.85 bits per heavy atom. The Hall–Kier alpha value is -1.07. The molecule has 2 atom stereocenters. The predicted octanol–water partition coefficient (Wildman–Crippen LogP) is 2.31. The molecule has 1 aliphatic heterocycles. The molecule has 1 aromatic carbocycles. The minimum absolute atomic E-state index is 0.183. The standard InChI is InChI=1S/C15H22O4S/c1-10-8-12(9-11(2)15(10)19-3)14(16)13-6-4-5-7-20(13,17)18/h8-9,13-14,16H,4-7H2,1-3H3. The number of aliphatic hydroxyl groups excluding tert-OH is 1. The first kappa shape index (κ1) is 15.3. The zero-order valence-electron chi connectivity index (χ0n) is 12.2. The van der Waals surface area contributed by atoms with Crippen LogP contribution >= 0.6 is 0 Å². The monoisotopic (exact) mass is 298 g/mol. The number of rotatable bonds is 3. The van der Waals surface area contributed by atoms with E-state index < -0.39 is 21.2 Å². The highest BCUT2D eigenvalue weighted by atomic mass is 32.2.